The minimum absolute atomic E-state index is 0.0384. The molecule has 0 bridgehead atoms. The molecule has 134 valence electrons. The Kier molecular flexibility index (Phi) is 4.70. The molecule has 3 rings (SSSR count). The van der Waals surface area contributed by atoms with Gasteiger partial charge in [0.1, 0.15) is 15.7 Å². The van der Waals surface area contributed by atoms with Crippen LogP contribution in [-0.2, 0) is 16.3 Å². The molecule has 3 aromatic rings. The van der Waals surface area contributed by atoms with Crippen molar-refractivity contribution in [2.45, 2.75) is 15.5 Å². The molecule has 0 aliphatic carbocycles. The van der Waals surface area contributed by atoms with Gasteiger partial charge >= 0.3 is 0 Å². The largest absolute Gasteiger partial charge is 0.366 e. The molecule has 2 heterocycles. The number of nitrogens with zero attached hydrogens (tertiary/aromatic N) is 1. The Morgan fingerprint density at radius 1 is 1.19 bits per heavy atom. The van der Waals surface area contributed by atoms with E-state index in [9.17, 15) is 22.4 Å². The standard InChI is InChI=1S/C16H12FN3O4S2/c17-9-1-3-10(4-2-9)26(23,24)15-7-11(16(18)22)14(25-15)8-13(21)12-5-6-19-20-12/h1-7H,8H2,(H2,18,22)(H,19,20). The molecule has 0 spiro atoms. The molecule has 1 aromatic carbocycles. The molecule has 3 N–H and O–H groups in total. The van der Waals surface area contributed by atoms with Crippen LogP contribution in [0.2, 0.25) is 0 Å². The van der Waals surface area contributed by atoms with Crippen molar-refractivity contribution in [3.8, 4) is 0 Å². The normalized spacial score (nSPS) is 11.4. The molecule has 0 aliphatic rings. The number of hydrogen-bond acceptors (Lipinski definition) is 6. The maximum absolute atomic E-state index is 13.0. The monoisotopic (exact) mass is 393 g/mol. The quantitative estimate of drug-likeness (QED) is 0.490. The van der Waals surface area contributed by atoms with Gasteiger partial charge in [0.05, 0.1) is 10.5 Å². The number of sulfone groups is 1. The first-order valence-electron chi connectivity index (χ1n) is 7.25. The Labute approximate surface area is 151 Å². The van der Waals surface area contributed by atoms with E-state index < -0.39 is 21.6 Å². The number of rotatable bonds is 6. The van der Waals surface area contributed by atoms with Crippen LogP contribution in [-0.4, -0.2) is 30.3 Å². The van der Waals surface area contributed by atoms with E-state index in [1.807, 2.05) is 0 Å². The summed E-state index contributed by atoms with van der Waals surface area (Å²) in [5, 5.41) is 6.18. The second-order valence-corrected chi connectivity index (χ2v) is 8.61. The molecule has 0 saturated carbocycles. The average Bonchev–Trinajstić information content (AvgIpc) is 3.25. The third-order valence-electron chi connectivity index (χ3n) is 3.56. The second-order valence-electron chi connectivity index (χ2n) is 5.29. The molecule has 7 nitrogen and oxygen atoms in total. The van der Waals surface area contributed by atoms with Crippen LogP contribution in [0.25, 0.3) is 0 Å². The lowest BCUT2D eigenvalue weighted by Crippen LogP contribution is -2.13. The van der Waals surface area contributed by atoms with Crippen LogP contribution in [0.3, 0.4) is 0 Å². The summed E-state index contributed by atoms with van der Waals surface area (Å²) in [5.41, 5.74) is 5.51. The van der Waals surface area contributed by atoms with E-state index >= 15 is 0 Å². The Morgan fingerprint density at radius 3 is 2.46 bits per heavy atom. The first-order valence-corrected chi connectivity index (χ1v) is 9.55. The van der Waals surface area contributed by atoms with Gasteiger partial charge in [-0.3, -0.25) is 14.7 Å². The van der Waals surface area contributed by atoms with Crippen molar-refractivity contribution in [2.75, 3.05) is 0 Å². The zero-order valence-corrected chi connectivity index (χ0v) is 14.7. The summed E-state index contributed by atoms with van der Waals surface area (Å²) >= 11 is 0.782. The minimum atomic E-state index is -3.97. The van der Waals surface area contributed by atoms with Gasteiger partial charge in [-0.2, -0.15) is 5.10 Å². The lowest BCUT2D eigenvalue weighted by molar-refractivity contribution is 0.0988. The van der Waals surface area contributed by atoms with Crippen LogP contribution in [0.1, 0.15) is 25.7 Å². The van der Waals surface area contributed by atoms with Crippen LogP contribution >= 0.6 is 11.3 Å². The molecule has 1 amide bonds. The van der Waals surface area contributed by atoms with E-state index in [1.165, 1.54) is 12.3 Å². The van der Waals surface area contributed by atoms with Gasteiger partial charge in [-0.1, -0.05) is 0 Å². The predicted octanol–water partition coefficient (Wildman–Crippen LogP) is 1.97. The van der Waals surface area contributed by atoms with Gasteiger partial charge in [-0.25, -0.2) is 12.8 Å². The molecule has 0 radical (unpaired) electrons. The molecule has 26 heavy (non-hydrogen) atoms. The number of nitrogens with two attached hydrogens (primary N) is 1. The van der Waals surface area contributed by atoms with Crippen molar-refractivity contribution >= 4 is 32.9 Å². The van der Waals surface area contributed by atoms with Gasteiger partial charge in [-0.15, -0.1) is 11.3 Å². The Morgan fingerprint density at radius 2 is 1.88 bits per heavy atom. The van der Waals surface area contributed by atoms with Crippen molar-refractivity contribution in [1.29, 1.82) is 0 Å². The average molecular weight is 393 g/mol. The molecule has 0 aliphatic heterocycles. The number of H-pyrrole nitrogens is 1. The number of Topliss-reactive ketones (excluding diaryl/α,β-unsaturated/α-hetero) is 1. The highest BCUT2D eigenvalue weighted by atomic mass is 32.2. The van der Waals surface area contributed by atoms with Crippen molar-refractivity contribution < 1.29 is 22.4 Å². The molecule has 0 saturated heterocycles. The van der Waals surface area contributed by atoms with Gasteiger partial charge in [0.2, 0.25) is 15.7 Å². The molecular formula is C16H12FN3O4S2. The number of hydrogen-bond donors (Lipinski definition) is 2. The molecule has 10 heteroatoms. The maximum Gasteiger partial charge on any atom is 0.249 e. The highest BCUT2D eigenvalue weighted by Crippen LogP contribution is 2.31. The van der Waals surface area contributed by atoms with E-state index in [4.69, 9.17) is 5.73 Å². The highest BCUT2D eigenvalue weighted by Gasteiger charge is 2.25. The summed E-state index contributed by atoms with van der Waals surface area (Å²) in [4.78, 5) is 24.0. The first kappa shape index (κ1) is 18.0. The Hall–Kier alpha value is -2.85. The first-order chi connectivity index (χ1) is 12.3. The SMILES string of the molecule is NC(=O)c1cc(S(=O)(=O)c2ccc(F)cc2)sc1CC(=O)c1ccn[nH]1. The summed E-state index contributed by atoms with van der Waals surface area (Å²) in [6, 6.07) is 6.92. The molecule has 0 unspecified atom stereocenters. The van der Waals surface area contributed by atoms with Crippen LogP contribution in [0, 0.1) is 5.82 Å². The number of thiophene rings is 1. The number of halogens is 1. The predicted molar refractivity (Wildman–Crippen MR) is 91.3 cm³/mol. The fourth-order valence-electron chi connectivity index (χ4n) is 2.26. The van der Waals surface area contributed by atoms with Crippen LogP contribution < -0.4 is 5.73 Å². The van der Waals surface area contributed by atoms with Gasteiger partial charge in [0.25, 0.3) is 0 Å². The highest BCUT2D eigenvalue weighted by molar-refractivity contribution is 7.93. The number of aromatic amines is 1. The van der Waals surface area contributed by atoms with Crippen molar-refractivity contribution in [1.82, 2.24) is 10.2 Å². The van der Waals surface area contributed by atoms with E-state index in [0.29, 0.717) is 0 Å². The number of benzene rings is 1. The summed E-state index contributed by atoms with van der Waals surface area (Å²) in [6.45, 7) is 0. The minimum Gasteiger partial charge on any atom is -0.366 e. The number of carbonyl (C=O) groups excluding carboxylic acids is 2. The van der Waals surface area contributed by atoms with Gasteiger partial charge in [0, 0.05) is 17.5 Å². The molecule has 2 aromatic heterocycles. The van der Waals surface area contributed by atoms with Crippen LogP contribution in [0.15, 0.2) is 51.7 Å². The number of nitrogens with one attached hydrogen (secondary N) is 1. The lowest BCUT2D eigenvalue weighted by atomic mass is 10.1. The zero-order chi connectivity index (χ0) is 18.9. The number of aromatic nitrogens is 2. The van der Waals surface area contributed by atoms with Crippen LogP contribution in [0.4, 0.5) is 4.39 Å². The Balaban J connectivity index is 2.00. The summed E-state index contributed by atoms with van der Waals surface area (Å²) in [5.74, 6) is -1.77. The summed E-state index contributed by atoms with van der Waals surface area (Å²) < 4.78 is 38.2. The fraction of sp³-hybridized carbons (Fsp3) is 0.0625. The maximum atomic E-state index is 13.0. The third-order valence-corrected chi connectivity index (χ3v) is 6.94. The Bertz CT molecular complexity index is 1070. The molecule has 0 fully saturated rings. The number of ketones is 1. The molecular weight excluding hydrogens is 381 g/mol. The van der Waals surface area contributed by atoms with E-state index in [1.54, 1.807) is 0 Å². The lowest BCUT2D eigenvalue weighted by Gasteiger charge is -2.01. The smallest absolute Gasteiger partial charge is 0.249 e. The zero-order valence-electron chi connectivity index (χ0n) is 13.1. The number of carbonyl (C=O) groups is 2. The second kappa shape index (κ2) is 6.81. The molecule has 0 atom stereocenters. The number of primary amides is 1. The van der Waals surface area contributed by atoms with Crippen molar-refractivity contribution in [3.05, 3.63) is 64.5 Å². The van der Waals surface area contributed by atoms with Gasteiger partial charge in [-0.05, 0) is 36.4 Å². The summed E-state index contributed by atoms with van der Waals surface area (Å²) in [6.07, 6.45) is 1.20. The van der Waals surface area contributed by atoms with E-state index in [-0.39, 0.29) is 37.4 Å². The van der Waals surface area contributed by atoms with Crippen LogP contribution in [0.5, 0.6) is 0 Å². The summed E-state index contributed by atoms with van der Waals surface area (Å²) in [7, 11) is -3.97. The van der Waals surface area contributed by atoms with Gasteiger partial charge in [0.15, 0.2) is 5.78 Å². The van der Waals surface area contributed by atoms with E-state index in [0.717, 1.165) is 41.7 Å². The topological polar surface area (TPSA) is 123 Å². The van der Waals surface area contributed by atoms with Gasteiger partial charge < -0.3 is 5.73 Å². The fourth-order valence-corrected chi connectivity index (χ4v) is 5.18. The van der Waals surface area contributed by atoms with Crippen molar-refractivity contribution in [2.24, 2.45) is 5.73 Å². The van der Waals surface area contributed by atoms with E-state index in [2.05, 4.69) is 10.2 Å². The third kappa shape index (κ3) is 3.41. The number of amides is 1. The van der Waals surface area contributed by atoms with Crippen molar-refractivity contribution in [3.63, 3.8) is 0 Å².